The van der Waals surface area contributed by atoms with Crippen molar-refractivity contribution in [3.63, 3.8) is 0 Å². The number of nitro groups is 1. The molecule has 0 radical (unpaired) electrons. The Morgan fingerprint density at radius 3 is 2.73 bits per heavy atom. The van der Waals surface area contributed by atoms with Crippen molar-refractivity contribution in [3.05, 3.63) is 28.1 Å². The Hall–Kier alpha value is -1.92. The van der Waals surface area contributed by atoms with Crippen LogP contribution in [0.2, 0.25) is 0 Å². The Labute approximate surface area is 60.5 Å². The maximum atomic E-state index is 10.4. The van der Waals surface area contributed by atoms with E-state index in [4.69, 9.17) is 5.73 Å². The van der Waals surface area contributed by atoms with Gasteiger partial charge in [0.05, 0.1) is 5.03 Å². The van der Waals surface area contributed by atoms with Gasteiger partial charge in [0.2, 0.25) is 0 Å². The zero-order valence-corrected chi connectivity index (χ0v) is 5.30. The van der Waals surface area contributed by atoms with Gasteiger partial charge in [0.15, 0.2) is 6.20 Å². The van der Waals surface area contributed by atoms with E-state index in [0.717, 1.165) is 12.4 Å². The normalized spacial score (nSPS) is 9.45. The van der Waals surface area contributed by atoms with Gasteiger partial charge in [-0.25, -0.2) is 0 Å². The van der Waals surface area contributed by atoms with Gasteiger partial charge in [-0.15, -0.1) is 0 Å². The second-order valence-electron chi connectivity index (χ2n) is 1.75. The molecule has 0 atom stereocenters. The van der Waals surface area contributed by atoms with Crippen molar-refractivity contribution in [2.24, 2.45) is 5.73 Å². The van der Waals surface area contributed by atoms with Crippen molar-refractivity contribution in [1.29, 1.82) is 0 Å². The number of carbonyl (C=O) groups is 1. The molecule has 0 saturated carbocycles. The number of nitrogens with zero attached hydrogens (tertiary/aromatic N) is 3. The summed E-state index contributed by atoms with van der Waals surface area (Å²) < 4.78 is 0. The number of hydrogen-bond acceptors (Lipinski definition) is 4. The fourth-order valence-corrected chi connectivity index (χ4v) is 0.529. The lowest BCUT2D eigenvalue weighted by Crippen LogP contribution is -2.11. The van der Waals surface area contributed by atoms with Crippen molar-refractivity contribution in [2.45, 2.75) is 0 Å². The number of hydrogen-bond donors (Lipinski definition) is 1. The first-order valence-electron chi connectivity index (χ1n) is 2.60. The van der Waals surface area contributed by atoms with Crippen LogP contribution in [0, 0.1) is 10.1 Å². The number of rotatable bonds is 2. The summed E-state index contributed by atoms with van der Waals surface area (Å²) in [5.41, 5.74) is 4.83. The Balaban J connectivity index is 2.99. The first-order chi connectivity index (χ1) is 5.11. The standard InChI is InChI=1S/C4H4N4O3/c5-4(9)3-1-6-7(2-3)8(10)11/h1-2H,(H2,5,9). The van der Waals surface area contributed by atoms with E-state index in [2.05, 4.69) is 5.10 Å². The average Bonchev–Trinajstić information content (AvgIpc) is 2.33. The van der Waals surface area contributed by atoms with Crippen LogP contribution in [0.4, 0.5) is 0 Å². The molecular weight excluding hydrogens is 152 g/mol. The maximum absolute atomic E-state index is 10.4. The number of nitrogens with two attached hydrogens (primary N) is 1. The summed E-state index contributed by atoms with van der Waals surface area (Å²) in [7, 11) is 0. The molecule has 1 aromatic heterocycles. The first-order valence-corrected chi connectivity index (χ1v) is 2.60. The summed E-state index contributed by atoms with van der Waals surface area (Å²) in [6.45, 7) is 0. The van der Waals surface area contributed by atoms with Crippen LogP contribution in [0.25, 0.3) is 0 Å². The van der Waals surface area contributed by atoms with Crippen molar-refractivity contribution < 1.29 is 9.83 Å². The van der Waals surface area contributed by atoms with Crippen LogP contribution in [-0.4, -0.2) is 20.8 Å². The molecule has 1 aromatic rings. The quantitative estimate of drug-likeness (QED) is 0.439. The van der Waals surface area contributed by atoms with E-state index in [1.54, 1.807) is 0 Å². The van der Waals surface area contributed by atoms with Crippen molar-refractivity contribution >= 4 is 5.91 Å². The largest absolute Gasteiger partial charge is 0.365 e. The zero-order valence-electron chi connectivity index (χ0n) is 5.30. The zero-order chi connectivity index (χ0) is 8.43. The second kappa shape index (κ2) is 2.37. The number of amides is 1. The predicted octanol–water partition coefficient (Wildman–Crippen LogP) is -0.978. The maximum Gasteiger partial charge on any atom is 0.254 e. The van der Waals surface area contributed by atoms with E-state index in [9.17, 15) is 14.9 Å². The number of primary amides is 1. The molecule has 0 aliphatic carbocycles. The molecule has 0 bridgehead atoms. The molecule has 0 unspecified atom stereocenters. The molecule has 1 amide bonds. The third-order valence-corrected chi connectivity index (χ3v) is 1.02. The molecule has 0 aliphatic heterocycles. The monoisotopic (exact) mass is 156 g/mol. The van der Waals surface area contributed by atoms with E-state index in [-0.39, 0.29) is 5.56 Å². The molecule has 0 saturated heterocycles. The molecule has 1 heterocycles. The van der Waals surface area contributed by atoms with Crippen molar-refractivity contribution in [1.82, 2.24) is 9.89 Å². The lowest BCUT2D eigenvalue weighted by Gasteiger charge is -1.87. The van der Waals surface area contributed by atoms with Gasteiger partial charge in [-0.3, -0.25) is 4.79 Å². The highest BCUT2D eigenvalue weighted by Crippen LogP contribution is 1.94. The third kappa shape index (κ3) is 1.31. The van der Waals surface area contributed by atoms with E-state index in [0.29, 0.717) is 4.79 Å². The van der Waals surface area contributed by atoms with E-state index >= 15 is 0 Å². The molecule has 0 aromatic carbocycles. The van der Waals surface area contributed by atoms with Gasteiger partial charge in [-0.1, -0.05) is 0 Å². The molecular formula is C4H4N4O3. The minimum atomic E-state index is -0.771. The summed E-state index contributed by atoms with van der Waals surface area (Å²) in [6, 6.07) is 0. The smallest absolute Gasteiger partial charge is 0.254 e. The highest BCUT2D eigenvalue weighted by atomic mass is 16.7. The highest BCUT2D eigenvalue weighted by molar-refractivity contribution is 5.92. The lowest BCUT2D eigenvalue weighted by molar-refractivity contribution is -0.552. The van der Waals surface area contributed by atoms with Gasteiger partial charge in [0.1, 0.15) is 11.8 Å². The molecule has 0 spiro atoms. The molecule has 1 rings (SSSR count). The summed E-state index contributed by atoms with van der Waals surface area (Å²) in [5.74, 6) is -0.738. The van der Waals surface area contributed by atoms with Crippen LogP contribution in [0.15, 0.2) is 12.4 Å². The van der Waals surface area contributed by atoms with Gasteiger partial charge in [0, 0.05) is 9.89 Å². The number of aromatic nitrogens is 2. The van der Waals surface area contributed by atoms with Crippen LogP contribution in [-0.2, 0) is 0 Å². The molecule has 7 nitrogen and oxygen atoms in total. The molecule has 0 fully saturated rings. The SMILES string of the molecule is NC(=O)c1cnn([N+](=O)[O-])c1. The first kappa shape index (κ1) is 7.19. The van der Waals surface area contributed by atoms with Crippen LogP contribution in [0.1, 0.15) is 10.4 Å². The minimum Gasteiger partial charge on any atom is -0.365 e. The lowest BCUT2D eigenvalue weighted by atomic mass is 10.4. The van der Waals surface area contributed by atoms with Gasteiger partial charge in [-0.2, -0.15) is 0 Å². The molecule has 7 heteroatoms. The van der Waals surface area contributed by atoms with Gasteiger partial charge in [-0.05, 0) is 0 Å². The number of carbonyl (C=O) groups excluding carboxylic acids is 1. The Bertz CT molecular complexity index is 276. The topological polar surface area (TPSA) is 104 Å². The molecule has 2 N–H and O–H groups in total. The third-order valence-electron chi connectivity index (χ3n) is 1.02. The van der Waals surface area contributed by atoms with Crippen LogP contribution < -0.4 is 5.73 Å². The summed E-state index contributed by atoms with van der Waals surface area (Å²) >= 11 is 0. The van der Waals surface area contributed by atoms with E-state index in [1.165, 1.54) is 0 Å². The summed E-state index contributed by atoms with van der Waals surface area (Å²) in [4.78, 5) is 20.8. The van der Waals surface area contributed by atoms with Gasteiger partial charge < -0.3 is 15.8 Å². The predicted molar refractivity (Wildman–Crippen MR) is 33.1 cm³/mol. The summed E-state index contributed by atoms with van der Waals surface area (Å²) in [6.07, 6.45) is 1.98. The van der Waals surface area contributed by atoms with Crippen LogP contribution >= 0.6 is 0 Å². The Morgan fingerprint density at radius 2 is 2.45 bits per heavy atom. The Morgan fingerprint density at radius 1 is 1.82 bits per heavy atom. The molecule has 58 valence electrons. The van der Waals surface area contributed by atoms with Crippen LogP contribution in [0.5, 0.6) is 0 Å². The van der Waals surface area contributed by atoms with E-state index < -0.39 is 10.9 Å². The fraction of sp³-hybridized carbons (Fsp3) is 0. The minimum absolute atomic E-state index is 0.0155. The van der Waals surface area contributed by atoms with E-state index in [1.807, 2.05) is 0 Å². The molecule has 11 heavy (non-hydrogen) atoms. The summed E-state index contributed by atoms with van der Waals surface area (Å²) in [5, 5.41) is 12.5. The average molecular weight is 156 g/mol. The highest BCUT2D eigenvalue weighted by Gasteiger charge is 2.10. The van der Waals surface area contributed by atoms with Crippen LogP contribution in [0.3, 0.4) is 0 Å². The molecule has 0 aliphatic rings. The fourth-order valence-electron chi connectivity index (χ4n) is 0.529. The van der Waals surface area contributed by atoms with Crippen molar-refractivity contribution in [3.8, 4) is 0 Å². The van der Waals surface area contributed by atoms with Gasteiger partial charge >= 0.3 is 0 Å². The van der Waals surface area contributed by atoms with Gasteiger partial charge in [0.25, 0.3) is 5.91 Å². The van der Waals surface area contributed by atoms with Crippen molar-refractivity contribution in [2.75, 3.05) is 0 Å². The Kier molecular flexibility index (Phi) is 1.55. The second-order valence-corrected chi connectivity index (χ2v) is 1.75.